The molecule has 5 aromatic rings. The fraction of sp³-hybridized carbons (Fsp3) is 0.400. The molecule has 2 unspecified atom stereocenters. The Labute approximate surface area is 266 Å². The minimum atomic E-state index is -1.15. The molecule has 1 N–H and O–H groups in total. The highest BCUT2D eigenvalue weighted by Gasteiger charge is 2.44. The number of halogens is 1. The van der Waals surface area contributed by atoms with Crippen LogP contribution in [0.5, 0.6) is 0 Å². The van der Waals surface area contributed by atoms with Crippen molar-refractivity contribution in [3.63, 3.8) is 0 Å². The second-order valence-corrected chi connectivity index (χ2v) is 14.9. The Morgan fingerprint density at radius 1 is 1.09 bits per heavy atom. The first-order chi connectivity index (χ1) is 20.9. The first kappa shape index (κ1) is 29.3. The average Bonchev–Trinajstić information content (AvgIpc) is 3.55. The third-order valence-corrected chi connectivity index (χ3v) is 10.8. The molecule has 0 amide bonds. The molecule has 0 radical (unpaired) electrons. The molecule has 0 spiro atoms. The summed E-state index contributed by atoms with van der Waals surface area (Å²) in [6.07, 6.45) is 0.184. The molecule has 228 valence electrons. The highest BCUT2D eigenvalue weighted by Crippen LogP contribution is 2.48. The number of hydrogen-bond donors (Lipinski definition) is 1. The van der Waals surface area contributed by atoms with Gasteiger partial charge >= 0.3 is 5.97 Å². The van der Waals surface area contributed by atoms with E-state index in [1.54, 1.807) is 11.3 Å². The number of anilines is 1. The summed E-state index contributed by atoms with van der Waals surface area (Å²) in [7, 11) is 2.01. The van der Waals surface area contributed by atoms with Crippen LogP contribution in [-0.4, -0.2) is 44.5 Å². The standard InChI is InChI=1S/C35H37ClN4O3S/c1-18-13-26-31(29(20-7-10-24(36)11-8-20)28(18)30(34(41)42)43-35(3,4)5)44-33(37-26)21-9-12-27-25(15-21)32(38-39(27)6)40-16-22-14-23(17-40)19(22)2/h7-13,15,19,22-23,30H,14,16-17H2,1-6H3,(H,41,42)/t19?,22?,23?,30-/m0/s1. The van der Waals surface area contributed by atoms with E-state index in [1.165, 1.54) is 6.42 Å². The van der Waals surface area contributed by atoms with Crippen LogP contribution in [0.3, 0.4) is 0 Å². The molecule has 7 nitrogen and oxygen atoms in total. The molecule has 1 aliphatic carbocycles. The Bertz CT molecular complexity index is 1910. The average molecular weight is 629 g/mol. The molecule has 9 heteroatoms. The Morgan fingerprint density at radius 2 is 1.77 bits per heavy atom. The number of ether oxygens (including phenoxy) is 1. The maximum Gasteiger partial charge on any atom is 0.337 e. The van der Waals surface area contributed by atoms with E-state index in [1.807, 2.05) is 69.8 Å². The van der Waals surface area contributed by atoms with Crippen molar-refractivity contribution in [2.45, 2.75) is 52.7 Å². The van der Waals surface area contributed by atoms with Crippen LogP contribution in [0.1, 0.15) is 51.3 Å². The monoisotopic (exact) mass is 628 g/mol. The largest absolute Gasteiger partial charge is 0.479 e. The lowest BCUT2D eigenvalue weighted by atomic mass is 9.62. The number of aryl methyl sites for hydroxylation is 2. The molecule has 4 heterocycles. The normalized spacial score (nSPS) is 20.7. The van der Waals surface area contributed by atoms with Crippen LogP contribution in [0, 0.1) is 24.7 Å². The number of hydrogen-bond acceptors (Lipinski definition) is 6. The third kappa shape index (κ3) is 4.97. The fourth-order valence-corrected chi connectivity index (χ4v) is 8.33. The SMILES string of the molecule is Cc1cc2nc(-c3ccc4c(c3)c(N3CC5CC(C3)C5C)nn4C)sc2c(-c2ccc(Cl)cc2)c1[C@H](OC(C)(C)C)C(=O)O. The summed E-state index contributed by atoms with van der Waals surface area (Å²) in [5.41, 5.74) is 5.43. The minimum absolute atomic E-state index is 0.617. The third-order valence-electron chi connectivity index (χ3n) is 9.40. The van der Waals surface area contributed by atoms with Crippen molar-refractivity contribution in [1.29, 1.82) is 0 Å². The van der Waals surface area contributed by atoms with Crippen molar-refractivity contribution in [3.8, 4) is 21.7 Å². The number of nitrogens with zero attached hydrogens (tertiary/aromatic N) is 4. The number of fused-ring (bicyclic) bond motifs is 4. The number of carboxylic acids is 1. The van der Waals surface area contributed by atoms with Crippen molar-refractivity contribution in [2.24, 2.45) is 24.8 Å². The number of rotatable bonds is 6. The van der Waals surface area contributed by atoms with E-state index in [0.717, 1.165) is 85.0 Å². The van der Waals surface area contributed by atoms with Crippen LogP contribution in [0.4, 0.5) is 5.82 Å². The quantitative estimate of drug-likeness (QED) is 0.203. The first-order valence-electron chi connectivity index (χ1n) is 15.2. The first-order valence-corrected chi connectivity index (χ1v) is 16.4. The van der Waals surface area contributed by atoms with Crippen molar-refractivity contribution in [3.05, 3.63) is 64.7 Å². The molecule has 3 aromatic carbocycles. The van der Waals surface area contributed by atoms with Crippen LogP contribution < -0.4 is 4.90 Å². The number of aliphatic carboxylic acids is 1. The predicted octanol–water partition coefficient (Wildman–Crippen LogP) is 8.51. The van der Waals surface area contributed by atoms with Crippen LogP contribution >= 0.6 is 22.9 Å². The lowest BCUT2D eigenvalue weighted by Crippen LogP contribution is -2.54. The zero-order chi connectivity index (χ0) is 31.1. The van der Waals surface area contributed by atoms with Gasteiger partial charge in [-0.05, 0) is 99.4 Å². The zero-order valence-electron chi connectivity index (χ0n) is 25.9. The molecular formula is C35H37ClN4O3S. The van der Waals surface area contributed by atoms with Gasteiger partial charge in [0, 0.05) is 47.2 Å². The van der Waals surface area contributed by atoms with Crippen molar-refractivity contribution >= 4 is 55.8 Å². The summed E-state index contributed by atoms with van der Waals surface area (Å²) in [6.45, 7) is 12.1. The highest BCUT2D eigenvalue weighted by molar-refractivity contribution is 7.22. The van der Waals surface area contributed by atoms with Crippen LogP contribution in [0.25, 0.3) is 42.8 Å². The Morgan fingerprint density at radius 3 is 2.41 bits per heavy atom. The van der Waals surface area contributed by atoms with E-state index in [-0.39, 0.29) is 0 Å². The zero-order valence-corrected chi connectivity index (χ0v) is 27.5. The van der Waals surface area contributed by atoms with Crippen LogP contribution in [0.15, 0.2) is 48.5 Å². The van der Waals surface area contributed by atoms with Gasteiger partial charge < -0.3 is 14.7 Å². The van der Waals surface area contributed by atoms with Gasteiger partial charge in [-0.25, -0.2) is 9.78 Å². The number of piperidine rings is 2. The molecule has 2 saturated heterocycles. The number of carbonyl (C=O) groups is 1. The van der Waals surface area contributed by atoms with Crippen LogP contribution in [-0.2, 0) is 16.6 Å². The van der Waals surface area contributed by atoms with Gasteiger partial charge in [0.05, 0.1) is 21.3 Å². The molecule has 2 aliphatic heterocycles. The summed E-state index contributed by atoms with van der Waals surface area (Å²) in [4.78, 5) is 20.3. The smallest absolute Gasteiger partial charge is 0.337 e. The summed E-state index contributed by atoms with van der Waals surface area (Å²) in [6, 6.07) is 16.0. The van der Waals surface area contributed by atoms with E-state index in [9.17, 15) is 9.90 Å². The van der Waals surface area contributed by atoms with E-state index in [4.69, 9.17) is 26.4 Å². The molecule has 3 atom stereocenters. The fourth-order valence-electron chi connectivity index (χ4n) is 7.08. The van der Waals surface area contributed by atoms with Gasteiger partial charge in [-0.2, -0.15) is 5.10 Å². The molecular weight excluding hydrogens is 592 g/mol. The summed E-state index contributed by atoms with van der Waals surface area (Å²) in [5.74, 6) is 2.33. The van der Waals surface area contributed by atoms with Gasteiger partial charge in [0.25, 0.3) is 0 Å². The lowest BCUT2D eigenvalue weighted by Gasteiger charge is -2.52. The van der Waals surface area contributed by atoms with Crippen molar-refractivity contribution in [1.82, 2.24) is 14.8 Å². The van der Waals surface area contributed by atoms with Gasteiger partial charge in [0.2, 0.25) is 0 Å². The molecule has 2 aromatic heterocycles. The molecule has 3 aliphatic rings. The number of thiazole rings is 1. The number of aromatic nitrogens is 3. The van der Waals surface area contributed by atoms with Gasteiger partial charge in [0.15, 0.2) is 11.9 Å². The molecule has 8 rings (SSSR count). The number of benzene rings is 3. The second kappa shape index (κ2) is 10.6. The van der Waals surface area contributed by atoms with E-state index < -0.39 is 17.7 Å². The maximum absolute atomic E-state index is 12.7. The molecule has 3 fully saturated rings. The molecule has 1 saturated carbocycles. The minimum Gasteiger partial charge on any atom is -0.479 e. The molecule has 2 bridgehead atoms. The predicted molar refractivity (Wildman–Crippen MR) is 179 cm³/mol. The Kier molecular flexibility index (Phi) is 7.03. The van der Waals surface area contributed by atoms with Gasteiger partial charge in [-0.3, -0.25) is 4.68 Å². The lowest BCUT2D eigenvalue weighted by molar-refractivity contribution is -0.160. The van der Waals surface area contributed by atoms with Gasteiger partial charge in [0.1, 0.15) is 5.01 Å². The topological polar surface area (TPSA) is 80.5 Å². The van der Waals surface area contributed by atoms with Crippen molar-refractivity contribution in [2.75, 3.05) is 18.0 Å². The maximum atomic E-state index is 12.7. The van der Waals surface area contributed by atoms with E-state index in [0.29, 0.717) is 10.6 Å². The Hall–Kier alpha value is -3.46. The number of carboxylic acid groups (broad SMARTS) is 1. The molecule has 44 heavy (non-hydrogen) atoms. The van der Waals surface area contributed by atoms with Gasteiger partial charge in [-0.1, -0.05) is 30.7 Å². The van der Waals surface area contributed by atoms with Gasteiger partial charge in [-0.15, -0.1) is 11.3 Å². The van der Waals surface area contributed by atoms with E-state index in [2.05, 4.69) is 30.0 Å². The van der Waals surface area contributed by atoms with E-state index >= 15 is 0 Å². The summed E-state index contributed by atoms with van der Waals surface area (Å²) >= 11 is 7.85. The summed E-state index contributed by atoms with van der Waals surface area (Å²) < 4.78 is 9.07. The van der Waals surface area contributed by atoms with Crippen LogP contribution in [0.2, 0.25) is 5.02 Å². The second-order valence-electron chi connectivity index (χ2n) is 13.5. The highest BCUT2D eigenvalue weighted by atomic mass is 35.5. The summed E-state index contributed by atoms with van der Waals surface area (Å²) in [5, 5.41) is 18.0. The van der Waals surface area contributed by atoms with Crippen molar-refractivity contribution < 1.29 is 14.6 Å². The Balaban J connectivity index is 1.39.